The molecular formula is C28H19NO4S. The maximum atomic E-state index is 13.2. The molecule has 1 aliphatic carbocycles. The van der Waals surface area contributed by atoms with Crippen LogP contribution in [0.4, 0.5) is 5.69 Å². The quantitative estimate of drug-likeness (QED) is 0.359. The summed E-state index contributed by atoms with van der Waals surface area (Å²) in [6.07, 6.45) is 0.706. The molecule has 34 heavy (non-hydrogen) atoms. The van der Waals surface area contributed by atoms with E-state index in [1.807, 2.05) is 18.2 Å². The van der Waals surface area contributed by atoms with Crippen molar-refractivity contribution in [1.29, 1.82) is 0 Å². The zero-order valence-corrected chi connectivity index (χ0v) is 18.8. The molecule has 0 atom stereocenters. The van der Waals surface area contributed by atoms with E-state index in [0.29, 0.717) is 23.2 Å². The summed E-state index contributed by atoms with van der Waals surface area (Å²) in [6, 6.07) is 26.4. The first kappa shape index (κ1) is 21.5. The molecule has 0 bridgehead atoms. The summed E-state index contributed by atoms with van der Waals surface area (Å²) in [4.78, 5) is 11.2. The number of anilines is 1. The molecule has 5 rings (SSSR count). The summed E-state index contributed by atoms with van der Waals surface area (Å²) in [6.45, 7) is 0. The first-order valence-corrected chi connectivity index (χ1v) is 12.1. The van der Waals surface area contributed by atoms with Gasteiger partial charge in [-0.05, 0) is 77.2 Å². The second-order valence-corrected chi connectivity index (χ2v) is 9.62. The van der Waals surface area contributed by atoms with Crippen LogP contribution in [0.25, 0.3) is 11.1 Å². The number of carboxylic acids is 1. The Morgan fingerprint density at radius 3 is 2.29 bits per heavy atom. The normalized spacial score (nSPS) is 11.6. The zero-order chi connectivity index (χ0) is 23.7. The minimum absolute atomic E-state index is 0.177. The fourth-order valence-electron chi connectivity index (χ4n) is 4.01. The Labute approximate surface area is 197 Å². The van der Waals surface area contributed by atoms with Crippen molar-refractivity contribution in [3.05, 3.63) is 119 Å². The van der Waals surface area contributed by atoms with Gasteiger partial charge >= 0.3 is 5.97 Å². The highest BCUT2D eigenvalue weighted by atomic mass is 32.2. The highest BCUT2D eigenvalue weighted by Crippen LogP contribution is 2.37. The summed E-state index contributed by atoms with van der Waals surface area (Å²) >= 11 is 0. The molecule has 2 N–H and O–H groups in total. The van der Waals surface area contributed by atoms with Gasteiger partial charge in [0.1, 0.15) is 0 Å². The smallest absolute Gasteiger partial charge is 0.335 e. The Morgan fingerprint density at radius 2 is 1.50 bits per heavy atom. The number of nitrogens with one attached hydrogen (secondary N) is 1. The molecule has 1 aliphatic rings. The molecule has 4 aromatic rings. The number of para-hydroxylation sites is 1. The molecule has 166 valence electrons. The molecule has 0 radical (unpaired) electrons. The second kappa shape index (κ2) is 8.54. The molecule has 5 nitrogen and oxygen atoms in total. The average molecular weight is 466 g/mol. The predicted molar refractivity (Wildman–Crippen MR) is 131 cm³/mol. The fourth-order valence-corrected chi connectivity index (χ4v) is 5.14. The van der Waals surface area contributed by atoms with Crippen LogP contribution < -0.4 is 4.72 Å². The van der Waals surface area contributed by atoms with E-state index in [1.54, 1.807) is 48.5 Å². The number of carboxylic acid groups (broad SMARTS) is 1. The van der Waals surface area contributed by atoms with Crippen molar-refractivity contribution in [3.8, 4) is 23.0 Å². The van der Waals surface area contributed by atoms with Crippen LogP contribution in [-0.4, -0.2) is 19.5 Å². The van der Waals surface area contributed by atoms with Gasteiger partial charge in [0.15, 0.2) is 0 Å². The van der Waals surface area contributed by atoms with E-state index in [0.717, 1.165) is 16.7 Å². The number of benzene rings is 4. The molecule has 0 fully saturated rings. The van der Waals surface area contributed by atoms with Crippen LogP contribution in [0.5, 0.6) is 0 Å². The van der Waals surface area contributed by atoms with Crippen molar-refractivity contribution in [2.24, 2.45) is 0 Å². The fraction of sp³-hybridized carbons (Fsp3) is 0.0357. The molecule has 6 heteroatoms. The van der Waals surface area contributed by atoms with E-state index < -0.39 is 16.0 Å². The topological polar surface area (TPSA) is 83.5 Å². The van der Waals surface area contributed by atoms with Crippen LogP contribution in [0.15, 0.2) is 95.9 Å². The number of rotatable bonds is 4. The second-order valence-electron chi connectivity index (χ2n) is 7.94. The van der Waals surface area contributed by atoms with Crippen LogP contribution in [0.3, 0.4) is 0 Å². The van der Waals surface area contributed by atoms with E-state index in [2.05, 4.69) is 28.7 Å². The lowest BCUT2D eigenvalue weighted by Crippen LogP contribution is -2.14. The van der Waals surface area contributed by atoms with E-state index in [-0.39, 0.29) is 10.5 Å². The van der Waals surface area contributed by atoms with Gasteiger partial charge in [-0.2, -0.15) is 0 Å². The Kier molecular flexibility index (Phi) is 5.40. The van der Waals surface area contributed by atoms with Crippen molar-refractivity contribution >= 4 is 21.7 Å². The summed E-state index contributed by atoms with van der Waals surface area (Å²) in [5.41, 5.74) is 6.08. The molecule has 0 aromatic heterocycles. The van der Waals surface area contributed by atoms with Crippen molar-refractivity contribution < 1.29 is 18.3 Å². The van der Waals surface area contributed by atoms with Crippen molar-refractivity contribution in [3.63, 3.8) is 0 Å². The van der Waals surface area contributed by atoms with Gasteiger partial charge in [-0.15, -0.1) is 0 Å². The van der Waals surface area contributed by atoms with Crippen LogP contribution in [0.2, 0.25) is 0 Å². The third-order valence-electron chi connectivity index (χ3n) is 5.72. The molecule has 4 aromatic carbocycles. The van der Waals surface area contributed by atoms with Gasteiger partial charge < -0.3 is 5.11 Å². The average Bonchev–Trinajstić information content (AvgIpc) is 3.21. The molecule has 0 aliphatic heterocycles. The highest BCUT2D eigenvalue weighted by molar-refractivity contribution is 7.92. The lowest BCUT2D eigenvalue weighted by Gasteiger charge is -2.11. The van der Waals surface area contributed by atoms with Crippen molar-refractivity contribution in [2.45, 2.75) is 11.3 Å². The molecule has 0 saturated carbocycles. The van der Waals surface area contributed by atoms with Crippen molar-refractivity contribution in [2.75, 3.05) is 4.72 Å². The van der Waals surface area contributed by atoms with E-state index in [1.165, 1.54) is 17.7 Å². The first-order chi connectivity index (χ1) is 16.4. The zero-order valence-electron chi connectivity index (χ0n) is 17.9. The SMILES string of the molecule is O=C(O)c1ccc(C#Cc2ccccc2NS(=O)(=O)c2ccc3c(c2)Cc2ccccc2-3)cc1. The predicted octanol–water partition coefficient (Wildman–Crippen LogP) is 5.16. The van der Waals surface area contributed by atoms with Gasteiger partial charge in [-0.3, -0.25) is 4.72 Å². The molecule has 0 heterocycles. The number of hydrogen-bond acceptors (Lipinski definition) is 3. The number of hydrogen-bond donors (Lipinski definition) is 2. The summed E-state index contributed by atoms with van der Waals surface area (Å²) in [5, 5.41) is 9.02. The Morgan fingerprint density at radius 1 is 0.794 bits per heavy atom. The summed E-state index contributed by atoms with van der Waals surface area (Å²) in [7, 11) is -3.83. The minimum Gasteiger partial charge on any atom is -0.478 e. The lowest BCUT2D eigenvalue weighted by atomic mass is 10.1. The van der Waals surface area contributed by atoms with Gasteiger partial charge in [0.25, 0.3) is 10.0 Å². The van der Waals surface area contributed by atoms with Crippen LogP contribution >= 0.6 is 0 Å². The molecule has 0 spiro atoms. The number of sulfonamides is 1. The molecule has 0 saturated heterocycles. The van der Waals surface area contributed by atoms with Crippen molar-refractivity contribution in [1.82, 2.24) is 0 Å². The summed E-state index contributed by atoms with van der Waals surface area (Å²) < 4.78 is 29.0. The Hall–Kier alpha value is -4.34. The number of aromatic carboxylic acids is 1. The van der Waals surface area contributed by atoms with Gasteiger partial charge in [0.2, 0.25) is 0 Å². The first-order valence-electron chi connectivity index (χ1n) is 10.6. The monoisotopic (exact) mass is 465 g/mol. The third-order valence-corrected chi connectivity index (χ3v) is 7.08. The molecular weight excluding hydrogens is 446 g/mol. The van der Waals surface area contributed by atoms with Gasteiger partial charge in [0, 0.05) is 11.1 Å². The standard InChI is InChI=1S/C28H19NO4S/c30-28(31)21-13-10-19(11-14-21)9-12-20-5-2-4-8-27(20)29-34(32,33)24-15-16-26-23(18-24)17-22-6-1-3-7-25(22)26/h1-8,10-11,13-16,18,29H,17H2,(H,30,31). The Balaban J connectivity index is 1.41. The maximum absolute atomic E-state index is 13.2. The van der Waals surface area contributed by atoms with E-state index in [9.17, 15) is 13.2 Å². The van der Waals surface area contributed by atoms with Gasteiger partial charge in [0.05, 0.1) is 16.1 Å². The summed E-state index contributed by atoms with van der Waals surface area (Å²) in [5.74, 6) is 4.94. The highest BCUT2D eigenvalue weighted by Gasteiger charge is 2.22. The number of fused-ring (bicyclic) bond motifs is 3. The van der Waals surface area contributed by atoms with Crippen LogP contribution in [0, 0.1) is 11.8 Å². The molecule has 0 amide bonds. The minimum atomic E-state index is -3.83. The lowest BCUT2D eigenvalue weighted by molar-refractivity contribution is 0.0697. The maximum Gasteiger partial charge on any atom is 0.335 e. The largest absolute Gasteiger partial charge is 0.478 e. The van der Waals surface area contributed by atoms with Crippen LogP contribution in [0.1, 0.15) is 32.6 Å². The van der Waals surface area contributed by atoms with E-state index >= 15 is 0 Å². The Bertz CT molecular complexity index is 1590. The van der Waals surface area contributed by atoms with Gasteiger partial charge in [-0.25, -0.2) is 13.2 Å². The van der Waals surface area contributed by atoms with E-state index in [4.69, 9.17) is 5.11 Å². The molecule has 0 unspecified atom stereocenters. The van der Waals surface area contributed by atoms with Crippen LogP contribution in [-0.2, 0) is 16.4 Å². The third kappa shape index (κ3) is 4.17. The van der Waals surface area contributed by atoms with Gasteiger partial charge in [-0.1, -0.05) is 54.3 Å². The number of carbonyl (C=O) groups is 1.